The molecule has 2 saturated heterocycles. The van der Waals surface area contributed by atoms with Crippen molar-refractivity contribution in [1.82, 2.24) is 4.90 Å². The molecule has 2 fully saturated rings. The number of nitrogens with zero attached hydrogens (tertiary/aromatic N) is 2. The molecule has 35 heavy (non-hydrogen) atoms. The Kier molecular flexibility index (Phi) is 7.80. The molecule has 1 unspecified atom stereocenters. The maximum Gasteiger partial charge on any atom is 0.165 e. The monoisotopic (exact) mass is 492 g/mol. The molecule has 0 spiro atoms. The van der Waals surface area contributed by atoms with Crippen molar-refractivity contribution in [2.45, 2.75) is 36.6 Å². The van der Waals surface area contributed by atoms with Gasteiger partial charge < -0.3 is 29.3 Å². The number of β-amino-alcohol motifs (C(OH)–C–C–N with tert-alkyl or cyclic N) is 2. The number of anilines is 1. The van der Waals surface area contributed by atoms with Gasteiger partial charge in [-0.2, -0.15) is 0 Å². The summed E-state index contributed by atoms with van der Waals surface area (Å²) < 4.78 is 43.8. The summed E-state index contributed by atoms with van der Waals surface area (Å²) in [5.41, 5.74) is -1.28. The van der Waals surface area contributed by atoms with Gasteiger partial charge in [-0.15, -0.1) is 0 Å². The second-order valence-corrected chi connectivity index (χ2v) is 9.60. The third-order valence-corrected chi connectivity index (χ3v) is 7.09. The number of halogens is 2. The van der Waals surface area contributed by atoms with Gasteiger partial charge in [-0.25, -0.2) is 8.78 Å². The van der Waals surface area contributed by atoms with E-state index in [0.29, 0.717) is 45.4 Å². The first kappa shape index (κ1) is 25.6. The van der Waals surface area contributed by atoms with E-state index in [1.165, 1.54) is 7.11 Å². The molecule has 0 aliphatic carbocycles. The summed E-state index contributed by atoms with van der Waals surface area (Å²) in [5, 5.41) is 22.7. The highest BCUT2D eigenvalue weighted by Crippen LogP contribution is 2.32. The Morgan fingerprint density at radius 3 is 2.51 bits per heavy atom. The summed E-state index contributed by atoms with van der Waals surface area (Å²) in [4.78, 5) is 4.23. The highest BCUT2D eigenvalue weighted by molar-refractivity contribution is 5.51. The molecular formula is C26H34F2N2O5. The zero-order chi connectivity index (χ0) is 25.1. The van der Waals surface area contributed by atoms with Crippen molar-refractivity contribution in [2.75, 3.05) is 58.5 Å². The van der Waals surface area contributed by atoms with Gasteiger partial charge in [0, 0.05) is 57.7 Å². The molecule has 2 atom stereocenters. The van der Waals surface area contributed by atoms with Gasteiger partial charge in [0.15, 0.2) is 11.6 Å². The Labute approximate surface area is 204 Å². The Balaban J connectivity index is 1.37. The quantitative estimate of drug-likeness (QED) is 0.587. The van der Waals surface area contributed by atoms with E-state index in [1.54, 1.807) is 7.11 Å². The largest absolute Gasteiger partial charge is 0.497 e. The number of ether oxygens (including phenoxy) is 3. The number of methoxy groups -OCH3 is 2. The van der Waals surface area contributed by atoms with Crippen LogP contribution in [0.2, 0.25) is 0 Å². The fraction of sp³-hybridized carbons (Fsp3) is 0.538. The van der Waals surface area contributed by atoms with Crippen molar-refractivity contribution in [3.8, 4) is 11.5 Å². The molecule has 2 aliphatic heterocycles. The first-order chi connectivity index (χ1) is 16.7. The number of benzene rings is 2. The van der Waals surface area contributed by atoms with Crippen LogP contribution in [0, 0.1) is 11.6 Å². The second-order valence-electron chi connectivity index (χ2n) is 9.60. The zero-order valence-corrected chi connectivity index (χ0v) is 20.3. The van der Waals surface area contributed by atoms with Crippen LogP contribution in [0.4, 0.5) is 14.5 Å². The van der Waals surface area contributed by atoms with Crippen LogP contribution >= 0.6 is 0 Å². The summed E-state index contributed by atoms with van der Waals surface area (Å²) in [6.07, 6.45) is 1.16. The van der Waals surface area contributed by atoms with Crippen LogP contribution in [0.3, 0.4) is 0 Å². The number of likely N-dealkylation sites (tertiary alicyclic amines) is 1. The summed E-state index contributed by atoms with van der Waals surface area (Å²) in [7, 11) is 3.15. The van der Waals surface area contributed by atoms with Gasteiger partial charge in [-0.1, -0.05) is 6.07 Å². The number of hydrogen-bond donors (Lipinski definition) is 2. The van der Waals surface area contributed by atoms with Crippen molar-refractivity contribution in [3.63, 3.8) is 0 Å². The summed E-state index contributed by atoms with van der Waals surface area (Å²) in [6.45, 7) is 2.35. The lowest BCUT2D eigenvalue weighted by atomic mass is 9.86. The minimum Gasteiger partial charge on any atom is -0.497 e. The Bertz CT molecular complexity index is 1000. The third kappa shape index (κ3) is 6.03. The maximum atomic E-state index is 14.0. The Hall–Kier alpha value is -2.46. The van der Waals surface area contributed by atoms with E-state index in [4.69, 9.17) is 14.2 Å². The van der Waals surface area contributed by atoms with Crippen molar-refractivity contribution in [3.05, 3.63) is 54.1 Å². The smallest absolute Gasteiger partial charge is 0.165 e. The lowest BCUT2D eigenvalue weighted by Gasteiger charge is -2.47. The lowest BCUT2D eigenvalue weighted by Crippen LogP contribution is -2.63. The second kappa shape index (κ2) is 10.7. The SMILES string of the molecule is COc1cccc(N2CCC(O)(CN3CCC(OC)[C@@](O)(COc4cc(F)ccc4F)C3)CC2)c1. The third-order valence-electron chi connectivity index (χ3n) is 7.09. The van der Waals surface area contributed by atoms with Crippen molar-refractivity contribution in [1.29, 1.82) is 0 Å². The molecule has 4 rings (SSSR count). The van der Waals surface area contributed by atoms with Gasteiger partial charge in [0.2, 0.25) is 0 Å². The highest BCUT2D eigenvalue weighted by atomic mass is 19.1. The molecule has 0 saturated carbocycles. The highest BCUT2D eigenvalue weighted by Gasteiger charge is 2.45. The summed E-state index contributed by atoms with van der Waals surface area (Å²) in [5.74, 6) is -0.781. The van der Waals surface area contributed by atoms with Gasteiger partial charge in [0.05, 0.1) is 18.8 Å². The summed E-state index contributed by atoms with van der Waals surface area (Å²) in [6, 6.07) is 10.8. The van der Waals surface area contributed by atoms with E-state index in [9.17, 15) is 19.0 Å². The van der Waals surface area contributed by atoms with E-state index < -0.39 is 28.9 Å². The van der Waals surface area contributed by atoms with Crippen LogP contribution in [0.1, 0.15) is 19.3 Å². The van der Waals surface area contributed by atoms with E-state index in [2.05, 4.69) is 4.90 Å². The van der Waals surface area contributed by atoms with Crippen LogP contribution in [-0.4, -0.2) is 86.0 Å². The molecule has 2 heterocycles. The molecule has 2 aromatic rings. The molecule has 2 aliphatic rings. The predicted molar refractivity (Wildman–Crippen MR) is 128 cm³/mol. The molecule has 0 aromatic heterocycles. The maximum absolute atomic E-state index is 14.0. The first-order valence-electron chi connectivity index (χ1n) is 11.9. The van der Waals surface area contributed by atoms with Gasteiger partial charge in [0.25, 0.3) is 0 Å². The van der Waals surface area contributed by atoms with Gasteiger partial charge >= 0.3 is 0 Å². The molecule has 2 aromatic carbocycles. The van der Waals surface area contributed by atoms with Crippen LogP contribution in [0.5, 0.6) is 11.5 Å². The molecule has 9 heteroatoms. The lowest BCUT2D eigenvalue weighted by molar-refractivity contribution is -0.160. The molecular weight excluding hydrogens is 458 g/mol. The predicted octanol–water partition coefficient (Wildman–Crippen LogP) is 2.84. The zero-order valence-electron chi connectivity index (χ0n) is 20.3. The van der Waals surface area contributed by atoms with Crippen molar-refractivity contribution >= 4 is 5.69 Å². The number of piperidine rings is 2. The standard InChI is InChI=1S/C26H34F2N2O5/c1-33-21-5-3-4-20(15-21)30-12-9-25(31,10-13-30)16-29-11-8-24(34-2)26(32,17-29)18-35-23-14-19(27)6-7-22(23)28/h3-7,14-15,24,31-32H,8-13,16-18H2,1-2H3/t24?,26-/m0/s1. The van der Waals surface area contributed by atoms with E-state index in [1.807, 2.05) is 29.2 Å². The average molecular weight is 493 g/mol. The topological polar surface area (TPSA) is 74.6 Å². The summed E-state index contributed by atoms with van der Waals surface area (Å²) >= 11 is 0. The minimum absolute atomic E-state index is 0.185. The normalized spacial score (nSPS) is 24.9. The van der Waals surface area contributed by atoms with E-state index in [-0.39, 0.29) is 18.9 Å². The average Bonchev–Trinajstić information content (AvgIpc) is 2.85. The fourth-order valence-electron chi connectivity index (χ4n) is 5.10. The molecule has 7 nitrogen and oxygen atoms in total. The number of hydrogen-bond acceptors (Lipinski definition) is 7. The van der Waals surface area contributed by atoms with Crippen molar-refractivity contribution < 1.29 is 33.2 Å². The molecule has 2 N–H and O–H groups in total. The van der Waals surface area contributed by atoms with E-state index in [0.717, 1.165) is 29.6 Å². The number of aliphatic hydroxyl groups is 2. The van der Waals surface area contributed by atoms with Crippen molar-refractivity contribution in [2.24, 2.45) is 0 Å². The minimum atomic E-state index is -1.44. The van der Waals surface area contributed by atoms with Gasteiger partial charge in [0.1, 0.15) is 23.8 Å². The van der Waals surface area contributed by atoms with Crippen LogP contribution in [-0.2, 0) is 4.74 Å². The van der Waals surface area contributed by atoms with E-state index >= 15 is 0 Å². The molecule has 0 radical (unpaired) electrons. The van der Waals surface area contributed by atoms with Gasteiger partial charge in [-0.05, 0) is 43.5 Å². The molecule has 192 valence electrons. The van der Waals surface area contributed by atoms with Crippen LogP contribution in [0.25, 0.3) is 0 Å². The first-order valence-corrected chi connectivity index (χ1v) is 11.9. The Morgan fingerprint density at radius 2 is 1.80 bits per heavy atom. The van der Waals surface area contributed by atoms with Crippen LogP contribution < -0.4 is 14.4 Å². The molecule has 0 bridgehead atoms. The molecule has 0 amide bonds. The Morgan fingerprint density at radius 1 is 1.03 bits per heavy atom. The fourth-order valence-corrected chi connectivity index (χ4v) is 5.10. The number of rotatable bonds is 8. The van der Waals surface area contributed by atoms with Crippen LogP contribution in [0.15, 0.2) is 42.5 Å². The van der Waals surface area contributed by atoms with Gasteiger partial charge in [-0.3, -0.25) is 4.90 Å².